The molecule has 0 fully saturated rings. The van der Waals surface area contributed by atoms with Gasteiger partial charge in [0.05, 0.1) is 17.6 Å². The molecular weight excluding hydrogens is 294 g/mol. The lowest BCUT2D eigenvalue weighted by Crippen LogP contribution is -2.14. The summed E-state index contributed by atoms with van der Waals surface area (Å²) < 4.78 is 31.8. The summed E-state index contributed by atoms with van der Waals surface area (Å²) in [6.45, 7) is -0.329. The number of nitrogens with zero attached hydrogens (tertiary/aromatic N) is 1. The van der Waals surface area contributed by atoms with Crippen molar-refractivity contribution in [1.29, 1.82) is 0 Å². The van der Waals surface area contributed by atoms with E-state index in [2.05, 4.69) is 26.5 Å². The topological polar surface area (TPSA) is 104 Å². The number of hydrogen-bond donors (Lipinski definition) is 3. The second kappa shape index (κ2) is 6.30. The van der Waals surface area contributed by atoms with Crippen molar-refractivity contribution in [2.24, 2.45) is 0 Å². The molecule has 8 heteroatoms. The zero-order chi connectivity index (χ0) is 15.3. The highest BCUT2D eigenvalue weighted by Gasteiger charge is 2.17. The number of aliphatic hydroxyl groups excluding tert-OH is 1. The van der Waals surface area contributed by atoms with E-state index in [1.165, 1.54) is 37.7 Å². The van der Waals surface area contributed by atoms with Crippen molar-refractivity contribution in [1.82, 2.24) is 9.97 Å². The molecule has 21 heavy (non-hydrogen) atoms. The number of imidazole rings is 1. The van der Waals surface area contributed by atoms with E-state index < -0.39 is 10.0 Å². The van der Waals surface area contributed by atoms with E-state index in [1.54, 1.807) is 0 Å². The summed E-state index contributed by atoms with van der Waals surface area (Å²) in [5, 5.41) is 8.73. The Bertz CT molecular complexity index is 773. The van der Waals surface area contributed by atoms with E-state index in [-0.39, 0.29) is 17.5 Å². The molecule has 1 heterocycles. The average molecular weight is 307 g/mol. The molecule has 2 aromatic rings. The lowest BCUT2D eigenvalue weighted by Gasteiger charge is -2.08. The fourth-order valence-electron chi connectivity index (χ4n) is 1.59. The Hall–Kier alpha value is -2.50. The van der Waals surface area contributed by atoms with E-state index in [0.717, 1.165) is 0 Å². The number of benzene rings is 1. The van der Waals surface area contributed by atoms with Crippen LogP contribution >= 0.6 is 0 Å². The van der Waals surface area contributed by atoms with Gasteiger partial charge in [-0.1, -0.05) is 11.8 Å². The smallest absolute Gasteiger partial charge is 0.264 e. The molecule has 1 aromatic heterocycles. The molecule has 0 bridgehead atoms. The van der Waals surface area contributed by atoms with Gasteiger partial charge in [0.1, 0.15) is 12.4 Å². The first-order valence-electron chi connectivity index (χ1n) is 5.87. The summed E-state index contributed by atoms with van der Waals surface area (Å²) in [6.07, 6.45) is 2.94. The van der Waals surface area contributed by atoms with Gasteiger partial charge in [-0.05, 0) is 18.2 Å². The summed E-state index contributed by atoms with van der Waals surface area (Å²) >= 11 is 0. The molecule has 0 saturated heterocycles. The van der Waals surface area contributed by atoms with Crippen LogP contribution in [0, 0.1) is 11.8 Å². The molecule has 0 unspecified atom stereocenters. The molecule has 0 aliphatic rings. The number of anilines is 1. The number of aromatic nitrogens is 2. The molecule has 3 N–H and O–H groups in total. The highest BCUT2D eigenvalue weighted by molar-refractivity contribution is 7.92. The van der Waals surface area contributed by atoms with Crippen LogP contribution in [0.25, 0.3) is 0 Å². The number of aliphatic hydroxyl groups is 1. The Morgan fingerprint density at radius 3 is 2.90 bits per heavy atom. The van der Waals surface area contributed by atoms with Crippen molar-refractivity contribution in [3.05, 3.63) is 36.2 Å². The van der Waals surface area contributed by atoms with E-state index in [4.69, 9.17) is 9.84 Å². The van der Waals surface area contributed by atoms with Crippen molar-refractivity contribution in [3.63, 3.8) is 0 Å². The van der Waals surface area contributed by atoms with Crippen molar-refractivity contribution in [2.45, 2.75) is 4.90 Å². The maximum atomic E-state index is 12.2. The third kappa shape index (κ3) is 3.53. The predicted molar refractivity (Wildman–Crippen MR) is 76.4 cm³/mol. The van der Waals surface area contributed by atoms with Crippen LogP contribution in [0.2, 0.25) is 0 Å². The van der Waals surface area contributed by atoms with Crippen LogP contribution in [0.4, 0.5) is 5.95 Å². The lowest BCUT2D eigenvalue weighted by atomic mass is 10.2. The van der Waals surface area contributed by atoms with Gasteiger partial charge in [0.15, 0.2) is 0 Å². The number of H-pyrrole nitrogens is 1. The SMILES string of the molecule is COc1ccc(S(=O)(=O)Nc2ncc[nH]2)cc1C#CCO. The van der Waals surface area contributed by atoms with Crippen LogP contribution in [-0.2, 0) is 10.0 Å². The van der Waals surface area contributed by atoms with Gasteiger partial charge < -0.3 is 14.8 Å². The predicted octanol–water partition coefficient (Wildman–Crippen LogP) is 0.563. The molecule has 0 aliphatic carbocycles. The Morgan fingerprint density at radius 1 is 1.48 bits per heavy atom. The Balaban J connectivity index is 2.39. The van der Waals surface area contributed by atoms with Crippen LogP contribution in [-0.4, -0.2) is 37.2 Å². The Kier molecular flexibility index (Phi) is 4.47. The second-order valence-electron chi connectivity index (χ2n) is 3.87. The standard InChI is InChI=1S/C13H13N3O4S/c1-20-12-5-4-11(9-10(12)3-2-8-17)21(18,19)16-13-14-6-7-15-13/h4-7,9,17H,8H2,1H3,(H2,14,15,16). The van der Waals surface area contributed by atoms with Crippen LogP contribution in [0.15, 0.2) is 35.5 Å². The van der Waals surface area contributed by atoms with Crippen molar-refractivity contribution >= 4 is 16.0 Å². The highest BCUT2D eigenvalue weighted by atomic mass is 32.2. The summed E-state index contributed by atoms with van der Waals surface area (Å²) in [6, 6.07) is 4.26. The van der Waals surface area contributed by atoms with Gasteiger partial charge in [0.2, 0.25) is 5.95 Å². The van der Waals surface area contributed by atoms with Gasteiger partial charge in [-0.15, -0.1) is 0 Å². The quantitative estimate of drug-likeness (QED) is 0.716. The number of rotatable bonds is 4. The Labute approximate surface area is 122 Å². The molecule has 0 spiro atoms. The largest absolute Gasteiger partial charge is 0.495 e. The van der Waals surface area contributed by atoms with Gasteiger partial charge >= 0.3 is 0 Å². The third-order valence-electron chi connectivity index (χ3n) is 2.51. The first-order chi connectivity index (χ1) is 10.1. The van der Waals surface area contributed by atoms with Crippen LogP contribution in [0.1, 0.15) is 5.56 Å². The minimum Gasteiger partial charge on any atom is -0.495 e. The molecular formula is C13H13N3O4S. The molecule has 2 rings (SSSR count). The molecule has 7 nitrogen and oxygen atoms in total. The van der Waals surface area contributed by atoms with Crippen molar-refractivity contribution in [2.75, 3.05) is 18.4 Å². The first kappa shape index (κ1) is 14.9. The molecule has 110 valence electrons. The number of methoxy groups -OCH3 is 1. The summed E-state index contributed by atoms with van der Waals surface area (Å²) in [7, 11) is -2.33. The maximum Gasteiger partial charge on any atom is 0.264 e. The van der Waals surface area contributed by atoms with E-state index >= 15 is 0 Å². The zero-order valence-electron chi connectivity index (χ0n) is 11.1. The third-order valence-corrected chi connectivity index (χ3v) is 3.85. The molecule has 0 saturated carbocycles. The number of nitrogens with one attached hydrogen (secondary N) is 2. The van der Waals surface area contributed by atoms with Crippen LogP contribution in [0.3, 0.4) is 0 Å². The number of hydrogen-bond acceptors (Lipinski definition) is 5. The summed E-state index contributed by atoms with van der Waals surface area (Å²) in [5.74, 6) is 5.64. The number of sulfonamides is 1. The number of aromatic amines is 1. The lowest BCUT2D eigenvalue weighted by molar-refractivity contribution is 0.350. The van der Waals surface area contributed by atoms with Gasteiger partial charge in [-0.2, -0.15) is 0 Å². The normalized spacial score (nSPS) is 10.6. The summed E-state index contributed by atoms with van der Waals surface area (Å²) in [5.41, 5.74) is 0.369. The van der Waals surface area contributed by atoms with E-state index in [1.807, 2.05) is 0 Å². The van der Waals surface area contributed by atoms with E-state index in [9.17, 15) is 8.42 Å². The second-order valence-corrected chi connectivity index (χ2v) is 5.55. The first-order valence-corrected chi connectivity index (χ1v) is 7.35. The fraction of sp³-hybridized carbons (Fsp3) is 0.154. The van der Waals surface area contributed by atoms with Crippen molar-refractivity contribution < 1.29 is 18.3 Å². The maximum absolute atomic E-state index is 12.2. The highest BCUT2D eigenvalue weighted by Crippen LogP contribution is 2.22. The Morgan fingerprint density at radius 2 is 2.29 bits per heavy atom. The average Bonchev–Trinajstić information content (AvgIpc) is 2.96. The molecule has 0 atom stereocenters. The van der Waals surface area contributed by atoms with E-state index in [0.29, 0.717) is 11.3 Å². The minimum absolute atomic E-state index is 0.0157. The number of ether oxygens (including phenoxy) is 1. The molecule has 0 aliphatic heterocycles. The minimum atomic E-state index is -3.79. The summed E-state index contributed by atoms with van der Waals surface area (Å²) in [4.78, 5) is 6.46. The van der Waals surface area contributed by atoms with Gasteiger partial charge in [-0.25, -0.2) is 18.1 Å². The van der Waals surface area contributed by atoms with Gasteiger partial charge in [0.25, 0.3) is 10.0 Å². The van der Waals surface area contributed by atoms with Crippen LogP contribution in [0.5, 0.6) is 5.75 Å². The van der Waals surface area contributed by atoms with Gasteiger partial charge in [-0.3, -0.25) is 0 Å². The zero-order valence-corrected chi connectivity index (χ0v) is 11.9. The molecule has 0 radical (unpaired) electrons. The van der Waals surface area contributed by atoms with Crippen molar-refractivity contribution in [3.8, 4) is 17.6 Å². The fourth-order valence-corrected chi connectivity index (χ4v) is 2.60. The monoisotopic (exact) mass is 307 g/mol. The van der Waals surface area contributed by atoms with Gasteiger partial charge in [0, 0.05) is 12.4 Å². The molecule has 1 aromatic carbocycles. The van der Waals surface area contributed by atoms with Crippen LogP contribution < -0.4 is 9.46 Å². The molecule has 0 amide bonds.